The fourth-order valence-corrected chi connectivity index (χ4v) is 6.68. The van der Waals surface area contributed by atoms with Crippen molar-refractivity contribution in [2.75, 3.05) is 19.6 Å². The lowest BCUT2D eigenvalue weighted by molar-refractivity contribution is 0.0540. The monoisotopic (exact) mass is 429 g/mol. The first-order chi connectivity index (χ1) is 15.2. The Balaban J connectivity index is 1.21. The number of hydrogen-bond acceptors (Lipinski definition) is 2. The van der Waals surface area contributed by atoms with Crippen molar-refractivity contribution >= 4 is 11.6 Å². The molecule has 158 valence electrons. The third-order valence-electron chi connectivity index (χ3n) is 8.04. The molecule has 1 saturated heterocycles. The summed E-state index contributed by atoms with van der Waals surface area (Å²) in [6.45, 7) is 3.18. The van der Waals surface area contributed by atoms with Crippen molar-refractivity contribution < 1.29 is 5.11 Å². The van der Waals surface area contributed by atoms with E-state index in [1.54, 1.807) is 11.1 Å². The third kappa shape index (κ3) is 3.08. The Morgan fingerprint density at radius 3 is 2.06 bits per heavy atom. The molecule has 0 amide bonds. The molecule has 3 heteroatoms. The summed E-state index contributed by atoms with van der Waals surface area (Å²) in [6.07, 6.45) is 2.87. The highest BCUT2D eigenvalue weighted by Crippen LogP contribution is 2.60. The van der Waals surface area contributed by atoms with E-state index < -0.39 is 6.10 Å². The fraction of sp³-hybridized carbons (Fsp3) is 0.357. The normalized spacial score (nSPS) is 25.9. The second-order valence-electron chi connectivity index (χ2n) is 9.62. The lowest BCUT2D eigenvalue weighted by Gasteiger charge is -2.40. The molecule has 1 N–H and O–H groups in total. The summed E-state index contributed by atoms with van der Waals surface area (Å²) >= 11 is 6.02. The van der Waals surface area contributed by atoms with Gasteiger partial charge in [-0.3, -0.25) is 0 Å². The summed E-state index contributed by atoms with van der Waals surface area (Å²) in [5.74, 6) is 0.867. The largest absolute Gasteiger partial charge is 0.388 e. The molecule has 2 bridgehead atoms. The molecule has 0 radical (unpaired) electrons. The Morgan fingerprint density at radius 1 is 0.871 bits per heavy atom. The Bertz CT molecular complexity index is 1050. The first-order valence-corrected chi connectivity index (χ1v) is 11.9. The average Bonchev–Trinajstić information content (AvgIpc) is 3.32. The summed E-state index contributed by atoms with van der Waals surface area (Å²) < 4.78 is 0. The quantitative estimate of drug-likeness (QED) is 0.556. The van der Waals surface area contributed by atoms with Crippen LogP contribution in [0.15, 0.2) is 72.8 Å². The lowest BCUT2D eigenvalue weighted by atomic mass is 9.74. The van der Waals surface area contributed by atoms with Crippen LogP contribution in [0.2, 0.25) is 5.02 Å². The number of piperidine rings is 1. The smallest absolute Gasteiger partial charge is 0.0819 e. The predicted octanol–water partition coefficient (Wildman–Crippen LogP) is 5.92. The molecule has 2 nitrogen and oxygen atoms in total. The van der Waals surface area contributed by atoms with Gasteiger partial charge >= 0.3 is 0 Å². The molecule has 3 aromatic carbocycles. The van der Waals surface area contributed by atoms with Crippen molar-refractivity contribution in [3.05, 3.63) is 106 Å². The van der Waals surface area contributed by atoms with Crippen LogP contribution in [-0.4, -0.2) is 29.6 Å². The molecule has 31 heavy (non-hydrogen) atoms. The van der Waals surface area contributed by atoms with Gasteiger partial charge in [-0.2, -0.15) is 0 Å². The zero-order chi connectivity index (χ0) is 21.0. The Labute approximate surface area is 189 Å². The maximum absolute atomic E-state index is 10.9. The molecule has 1 atom stereocenters. The minimum Gasteiger partial charge on any atom is -0.388 e. The Morgan fingerprint density at radius 2 is 1.45 bits per heavy atom. The summed E-state index contributed by atoms with van der Waals surface area (Å²) in [7, 11) is 0. The molecule has 3 aromatic rings. The molecule has 0 unspecified atom stereocenters. The molecule has 0 spiro atoms. The molecule has 1 fully saturated rings. The van der Waals surface area contributed by atoms with Crippen LogP contribution in [0.1, 0.15) is 59.1 Å². The third-order valence-corrected chi connectivity index (χ3v) is 8.29. The minimum atomic E-state index is -0.402. The number of aliphatic hydroxyl groups is 1. The van der Waals surface area contributed by atoms with Crippen LogP contribution in [0.3, 0.4) is 0 Å². The van der Waals surface area contributed by atoms with Gasteiger partial charge in [-0.25, -0.2) is 0 Å². The molecule has 1 aliphatic heterocycles. The van der Waals surface area contributed by atoms with Crippen LogP contribution in [0.4, 0.5) is 0 Å². The van der Waals surface area contributed by atoms with E-state index in [-0.39, 0.29) is 5.41 Å². The molecule has 6 rings (SSSR count). The van der Waals surface area contributed by atoms with E-state index in [1.807, 2.05) is 24.3 Å². The van der Waals surface area contributed by atoms with Gasteiger partial charge in [0.05, 0.1) is 6.10 Å². The molecule has 3 aliphatic rings. The van der Waals surface area contributed by atoms with Crippen molar-refractivity contribution in [3.63, 3.8) is 0 Å². The van der Waals surface area contributed by atoms with Crippen molar-refractivity contribution in [2.45, 2.75) is 36.7 Å². The van der Waals surface area contributed by atoms with E-state index in [9.17, 15) is 5.11 Å². The predicted molar refractivity (Wildman–Crippen MR) is 126 cm³/mol. The zero-order valence-electron chi connectivity index (χ0n) is 17.7. The molecule has 1 heterocycles. The number of aliphatic hydroxyl groups excluding tert-OH is 1. The maximum Gasteiger partial charge on any atom is 0.0819 e. The van der Waals surface area contributed by atoms with Gasteiger partial charge in [0.2, 0.25) is 0 Å². The van der Waals surface area contributed by atoms with Gasteiger partial charge in [-0.05, 0) is 78.2 Å². The molecule has 0 aromatic heterocycles. The topological polar surface area (TPSA) is 23.5 Å². The highest BCUT2D eigenvalue weighted by Gasteiger charge is 2.53. The van der Waals surface area contributed by atoms with Crippen LogP contribution in [0, 0.1) is 5.92 Å². The second kappa shape index (κ2) is 7.48. The molecule has 2 aliphatic carbocycles. The Hall–Kier alpha value is -2.13. The van der Waals surface area contributed by atoms with E-state index in [4.69, 9.17) is 11.6 Å². The van der Waals surface area contributed by atoms with E-state index in [0.29, 0.717) is 11.8 Å². The molecular weight excluding hydrogens is 402 g/mol. The van der Waals surface area contributed by atoms with E-state index >= 15 is 0 Å². The Kier molecular flexibility index (Phi) is 4.72. The number of nitrogens with zero attached hydrogens (tertiary/aromatic N) is 1. The van der Waals surface area contributed by atoms with Crippen molar-refractivity contribution in [1.29, 1.82) is 0 Å². The first kappa shape index (κ1) is 19.5. The number of halogens is 1. The van der Waals surface area contributed by atoms with Gasteiger partial charge in [0.15, 0.2) is 0 Å². The highest BCUT2D eigenvalue weighted by molar-refractivity contribution is 6.30. The summed E-state index contributed by atoms with van der Waals surface area (Å²) in [4.78, 5) is 2.65. The van der Waals surface area contributed by atoms with Gasteiger partial charge in [-0.15, -0.1) is 0 Å². The number of benzene rings is 3. The van der Waals surface area contributed by atoms with E-state index in [1.165, 1.54) is 17.5 Å². The van der Waals surface area contributed by atoms with Crippen molar-refractivity contribution in [3.8, 4) is 0 Å². The second-order valence-corrected chi connectivity index (χ2v) is 10.1. The lowest BCUT2D eigenvalue weighted by Crippen LogP contribution is -2.44. The summed E-state index contributed by atoms with van der Waals surface area (Å²) in [6, 6.07) is 25.9. The van der Waals surface area contributed by atoms with Crippen LogP contribution in [-0.2, 0) is 5.41 Å². The number of fused-ring (bicyclic) bond motifs is 8. The van der Waals surface area contributed by atoms with E-state index in [0.717, 1.165) is 43.1 Å². The standard InChI is InChI=1S/C28H28ClNO/c29-21-11-9-19(10-12-21)27(31)20-13-15-30(16-14-20)18-28-17-24(22-5-1-3-7-25(22)28)23-6-2-4-8-26(23)28/h1-12,20,24,27,31H,13-18H2/t24?,27-,28?/m1/s1. The van der Waals surface area contributed by atoms with E-state index in [2.05, 4.69) is 53.4 Å². The van der Waals surface area contributed by atoms with Crippen LogP contribution < -0.4 is 0 Å². The van der Waals surface area contributed by atoms with Crippen LogP contribution in [0.25, 0.3) is 0 Å². The highest BCUT2D eigenvalue weighted by atomic mass is 35.5. The first-order valence-electron chi connectivity index (χ1n) is 11.5. The van der Waals surface area contributed by atoms with Gasteiger partial charge in [0, 0.05) is 22.9 Å². The maximum atomic E-state index is 10.9. The van der Waals surface area contributed by atoms with Gasteiger partial charge < -0.3 is 10.0 Å². The van der Waals surface area contributed by atoms with Crippen molar-refractivity contribution in [1.82, 2.24) is 4.90 Å². The minimum absolute atomic E-state index is 0.124. The van der Waals surface area contributed by atoms with Crippen LogP contribution in [0.5, 0.6) is 0 Å². The molecular formula is C28H28ClNO. The van der Waals surface area contributed by atoms with Crippen molar-refractivity contribution in [2.24, 2.45) is 5.92 Å². The fourth-order valence-electron chi connectivity index (χ4n) is 6.55. The van der Waals surface area contributed by atoms with Gasteiger partial charge in [0.25, 0.3) is 0 Å². The van der Waals surface area contributed by atoms with Gasteiger partial charge in [0.1, 0.15) is 0 Å². The molecule has 0 saturated carbocycles. The van der Waals surface area contributed by atoms with Gasteiger partial charge in [-0.1, -0.05) is 72.3 Å². The summed E-state index contributed by atoms with van der Waals surface area (Å²) in [5.41, 5.74) is 7.27. The number of likely N-dealkylation sites (tertiary alicyclic amines) is 1. The average molecular weight is 430 g/mol. The van der Waals surface area contributed by atoms with Crippen LogP contribution >= 0.6 is 11.6 Å². The zero-order valence-corrected chi connectivity index (χ0v) is 18.4. The summed E-state index contributed by atoms with van der Waals surface area (Å²) in [5, 5.41) is 11.6. The number of hydrogen-bond donors (Lipinski definition) is 1. The number of rotatable bonds is 4. The SMILES string of the molecule is O[C@H](c1ccc(Cl)cc1)C1CCN(CC23CC(c4ccccc42)c2ccccc23)CC1.